The first-order chi connectivity index (χ1) is 11.7. The molecule has 0 amide bonds. The summed E-state index contributed by atoms with van der Waals surface area (Å²) in [4.78, 5) is 2.26. The highest BCUT2D eigenvalue weighted by molar-refractivity contribution is 5.20. The molecule has 3 rings (SSSR count). The SMILES string of the molecule is Fc1ccc(CN(Cc2ccccc2)Cc2ccc(F)cc2)cc1. The van der Waals surface area contributed by atoms with Crippen molar-refractivity contribution in [2.24, 2.45) is 0 Å². The minimum absolute atomic E-state index is 0.230. The van der Waals surface area contributed by atoms with Crippen LogP contribution < -0.4 is 0 Å². The summed E-state index contributed by atoms with van der Waals surface area (Å²) in [6.45, 7) is 2.18. The summed E-state index contributed by atoms with van der Waals surface area (Å²) in [5.41, 5.74) is 3.31. The van der Waals surface area contributed by atoms with Crippen LogP contribution in [-0.2, 0) is 19.6 Å². The van der Waals surface area contributed by atoms with Crippen LogP contribution in [0, 0.1) is 11.6 Å². The molecule has 0 saturated heterocycles. The summed E-state index contributed by atoms with van der Waals surface area (Å²) < 4.78 is 26.2. The third-order valence-electron chi connectivity index (χ3n) is 3.89. The molecule has 0 aliphatic carbocycles. The molecule has 3 aromatic carbocycles. The van der Waals surface area contributed by atoms with Gasteiger partial charge in [0, 0.05) is 19.6 Å². The maximum atomic E-state index is 13.1. The van der Waals surface area contributed by atoms with Crippen LogP contribution in [-0.4, -0.2) is 4.90 Å². The van der Waals surface area contributed by atoms with Gasteiger partial charge < -0.3 is 0 Å². The van der Waals surface area contributed by atoms with Gasteiger partial charge in [0.15, 0.2) is 0 Å². The highest BCUT2D eigenvalue weighted by Gasteiger charge is 2.09. The molecule has 0 N–H and O–H groups in total. The summed E-state index contributed by atoms with van der Waals surface area (Å²) in [5.74, 6) is -0.459. The Hall–Kier alpha value is -2.52. The van der Waals surface area contributed by atoms with E-state index < -0.39 is 0 Å². The molecule has 0 aromatic heterocycles. The van der Waals surface area contributed by atoms with Gasteiger partial charge in [0.1, 0.15) is 11.6 Å². The van der Waals surface area contributed by atoms with Crippen LogP contribution in [0.25, 0.3) is 0 Å². The zero-order chi connectivity index (χ0) is 16.8. The van der Waals surface area contributed by atoms with Crippen molar-refractivity contribution in [3.05, 3.63) is 107 Å². The Bertz CT molecular complexity index is 705. The molecule has 0 bridgehead atoms. The predicted molar refractivity (Wildman–Crippen MR) is 92.2 cm³/mol. The van der Waals surface area contributed by atoms with Crippen LogP contribution in [0.4, 0.5) is 8.78 Å². The van der Waals surface area contributed by atoms with E-state index >= 15 is 0 Å². The van der Waals surface area contributed by atoms with Crippen molar-refractivity contribution in [3.63, 3.8) is 0 Å². The summed E-state index contributed by atoms with van der Waals surface area (Å²) in [6, 6.07) is 23.3. The normalized spacial score (nSPS) is 11.0. The van der Waals surface area contributed by atoms with Crippen molar-refractivity contribution in [1.29, 1.82) is 0 Å². The molecule has 0 atom stereocenters. The fourth-order valence-electron chi connectivity index (χ4n) is 2.71. The summed E-state index contributed by atoms with van der Waals surface area (Å²) in [7, 11) is 0. The molecular formula is C21H19F2N. The number of halogens is 2. The van der Waals surface area contributed by atoms with E-state index in [4.69, 9.17) is 0 Å². The zero-order valence-corrected chi connectivity index (χ0v) is 13.3. The molecule has 1 nitrogen and oxygen atoms in total. The lowest BCUT2D eigenvalue weighted by Crippen LogP contribution is -2.22. The Kier molecular flexibility index (Phi) is 5.34. The Morgan fingerprint density at radius 2 is 0.875 bits per heavy atom. The Labute approximate surface area is 141 Å². The van der Waals surface area contributed by atoms with E-state index in [2.05, 4.69) is 17.0 Å². The first kappa shape index (κ1) is 16.3. The molecule has 0 aliphatic heterocycles. The minimum Gasteiger partial charge on any atom is -0.291 e. The number of hydrogen-bond donors (Lipinski definition) is 0. The standard InChI is InChI=1S/C21H19F2N/c22-20-10-6-18(7-11-20)15-24(14-17-4-2-1-3-5-17)16-19-8-12-21(23)13-9-19/h1-13H,14-16H2. The number of rotatable bonds is 6. The van der Waals surface area contributed by atoms with Crippen LogP contribution in [0.1, 0.15) is 16.7 Å². The maximum absolute atomic E-state index is 13.1. The predicted octanol–water partition coefficient (Wildman–Crippen LogP) is 5.17. The molecule has 0 heterocycles. The van der Waals surface area contributed by atoms with E-state index in [-0.39, 0.29) is 11.6 Å². The minimum atomic E-state index is -0.230. The van der Waals surface area contributed by atoms with Crippen LogP contribution in [0.15, 0.2) is 78.9 Å². The Morgan fingerprint density at radius 3 is 1.29 bits per heavy atom. The van der Waals surface area contributed by atoms with E-state index in [0.29, 0.717) is 13.1 Å². The van der Waals surface area contributed by atoms with Gasteiger partial charge in [-0.15, -0.1) is 0 Å². The first-order valence-corrected chi connectivity index (χ1v) is 7.94. The third-order valence-corrected chi connectivity index (χ3v) is 3.89. The lowest BCUT2D eigenvalue weighted by molar-refractivity contribution is 0.247. The van der Waals surface area contributed by atoms with Gasteiger partial charge in [0.2, 0.25) is 0 Å². The van der Waals surface area contributed by atoms with Crippen LogP contribution >= 0.6 is 0 Å². The highest BCUT2D eigenvalue weighted by atomic mass is 19.1. The van der Waals surface area contributed by atoms with Gasteiger partial charge >= 0.3 is 0 Å². The molecule has 122 valence electrons. The second-order valence-corrected chi connectivity index (χ2v) is 5.88. The van der Waals surface area contributed by atoms with Gasteiger partial charge in [0.05, 0.1) is 0 Å². The third kappa shape index (κ3) is 4.74. The average molecular weight is 323 g/mol. The second kappa shape index (κ2) is 7.84. The Balaban J connectivity index is 1.76. The summed E-state index contributed by atoms with van der Waals surface area (Å²) in [6.07, 6.45) is 0. The van der Waals surface area contributed by atoms with Crippen molar-refractivity contribution in [2.45, 2.75) is 19.6 Å². The maximum Gasteiger partial charge on any atom is 0.123 e. The number of hydrogen-bond acceptors (Lipinski definition) is 1. The molecule has 3 heteroatoms. The van der Waals surface area contributed by atoms with Gasteiger partial charge in [-0.25, -0.2) is 8.78 Å². The molecule has 0 spiro atoms. The molecule has 0 aliphatic rings. The lowest BCUT2D eigenvalue weighted by atomic mass is 10.1. The molecule has 0 fully saturated rings. The van der Waals surface area contributed by atoms with Gasteiger partial charge in [-0.3, -0.25) is 4.90 Å². The molecule has 0 unspecified atom stereocenters. The van der Waals surface area contributed by atoms with E-state index in [1.54, 1.807) is 24.3 Å². The molecule has 0 saturated carbocycles. The topological polar surface area (TPSA) is 3.24 Å². The van der Waals surface area contributed by atoms with Crippen molar-refractivity contribution in [1.82, 2.24) is 4.90 Å². The fraction of sp³-hybridized carbons (Fsp3) is 0.143. The number of benzene rings is 3. The quantitative estimate of drug-likeness (QED) is 0.605. The highest BCUT2D eigenvalue weighted by Crippen LogP contribution is 2.15. The molecular weight excluding hydrogens is 304 g/mol. The fourth-order valence-corrected chi connectivity index (χ4v) is 2.71. The average Bonchev–Trinajstić information content (AvgIpc) is 2.60. The van der Waals surface area contributed by atoms with E-state index in [1.807, 2.05) is 18.2 Å². The van der Waals surface area contributed by atoms with Crippen molar-refractivity contribution in [2.75, 3.05) is 0 Å². The second-order valence-electron chi connectivity index (χ2n) is 5.88. The number of nitrogens with zero attached hydrogens (tertiary/aromatic N) is 1. The first-order valence-electron chi connectivity index (χ1n) is 7.94. The van der Waals surface area contributed by atoms with Crippen molar-refractivity contribution < 1.29 is 8.78 Å². The van der Waals surface area contributed by atoms with Gasteiger partial charge in [0.25, 0.3) is 0 Å². The van der Waals surface area contributed by atoms with Gasteiger partial charge in [-0.05, 0) is 41.0 Å². The molecule has 0 radical (unpaired) electrons. The van der Waals surface area contributed by atoms with Crippen molar-refractivity contribution >= 4 is 0 Å². The molecule has 3 aromatic rings. The van der Waals surface area contributed by atoms with Crippen molar-refractivity contribution in [3.8, 4) is 0 Å². The zero-order valence-electron chi connectivity index (χ0n) is 13.3. The summed E-state index contributed by atoms with van der Waals surface area (Å²) in [5, 5.41) is 0. The van der Waals surface area contributed by atoms with Gasteiger partial charge in [-0.2, -0.15) is 0 Å². The smallest absolute Gasteiger partial charge is 0.123 e. The monoisotopic (exact) mass is 323 g/mol. The van der Waals surface area contributed by atoms with Crippen LogP contribution in [0.2, 0.25) is 0 Å². The van der Waals surface area contributed by atoms with Crippen LogP contribution in [0.5, 0.6) is 0 Å². The lowest BCUT2D eigenvalue weighted by Gasteiger charge is -2.23. The largest absolute Gasteiger partial charge is 0.291 e. The van der Waals surface area contributed by atoms with Crippen LogP contribution in [0.3, 0.4) is 0 Å². The van der Waals surface area contributed by atoms with E-state index in [9.17, 15) is 8.78 Å². The summed E-state index contributed by atoms with van der Waals surface area (Å²) >= 11 is 0. The van der Waals surface area contributed by atoms with E-state index in [1.165, 1.54) is 29.8 Å². The molecule has 24 heavy (non-hydrogen) atoms. The van der Waals surface area contributed by atoms with Gasteiger partial charge in [-0.1, -0.05) is 54.6 Å². The Morgan fingerprint density at radius 1 is 0.500 bits per heavy atom. The van der Waals surface area contributed by atoms with E-state index in [0.717, 1.165) is 17.7 Å².